The average molecular weight is 415 g/mol. The molecule has 0 radical (unpaired) electrons. The Morgan fingerprint density at radius 3 is 2.52 bits per heavy atom. The Hall–Kier alpha value is -4.20. The molecule has 0 bridgehead atoms. The highest BCUT2D eigenvalue weighted by atomic mass is 16.5. The van der Waals surface area contributed by atoms with Crippen LogP contribution < -0.4 is 15.6 Å². The lowest BCUT2D eigenvalue weighted by molar-refractivity contribution is -0.128. The Balaban J connectivity index is 1.29. The third-order valence-corrected chi connectivity index (χ3v) is 4.73. The monoisotopic (exact) mass is 415 g/mol. The summed E-state index contributed by atoms with van der Waals surface area (Å²) in [5, 5.41) is 6.16. The maximum Gasteiger partial charge on any atom is 0.279 e. The zero-order valence-corrected chi connectivity index (χ0v) is 16.9. The summed E-state index contributed by atoms with van der Waals surface area (Å²) in [6.07, 6.45) is 2.30. The number of rotatable bonds is 6. The van der Waals surface area contributed by atoms with Crippen molar-refractivity contribution in [3.8, 4) is 5.75 Å². The largest absolute Gasteiger partial charge is 0.481 e. The lowest BCUT2D eigenvalue weighted by Gasteiger charge is -2.15. The first-order valence-electron chi connectivity index (χ1n) is 9.75. The lowest BCUT2D eigenvalue weighted by Crippen LogP contribution is -2.47. The van der Waals surface area contributed by atoms with Gasteiger partial charge >= 0.3 is 0 Å². The van der Waals surface area contributed by atoms with Crippen molar-refractivity contribution < 1.29 is 14.3 Å². The molecule has 4 rings (SSSR count). The van der Waals surface area contributed by atoms with Gasteiger partial charge < -0.3 is 4.74 Å². The van der Waals surface area contributed by atoms with Crippen LogP contribution in [0.4, 0.5) is 0 Å². The number of hydrogen-bond acceptors (Lipinski definition) is 5. The van der Waals surface area contributed by atoms with E-state index in [4.69, 9.17) is 4.74 Å². The molecule has 1 heterocycles. The van der Waals surface area contributed by atoms with Gasteiger partial charge in [0.25, 0.3) is 11.8 Å². The minimum atomic E-state index is -0.786. The Morgan fingerprint density at radius 2 is 1.77 bits per heavy atom. The van der Waals surface area contributed by atoms with Gasteiger partial charge in [-0.05, 0) is 47.5 Å². The second kappa shape index (κ2) is 9.08. The second-order valence-corrected chi connectivity index (χ2v) is 7.00. The number of carbonyl (C=O) groups excluding carboxylic acids is 2. The van der Waals surface area contributed by atoms with Crippen LogP contribution >= 0.6 is 0 Å². The number of ether oxygens (including phenoxy) is 1. The topological polar surface area (TPSA) is 98.1 Å². The van der Waals surface area contributed by atoms with Crippen molar-refractivity contribution in [2.75, 3.05) is 0 Å². The SMILES string of the molecule is CC(Oc1ccc2ccccc2c1)C(=O)NNC(=O)c1ccc(Cn2cncn2)cc1. The molecule has 8 nitrogen and oxygen atoms in total. The fourth-order valence-electron chi connectivity index (χ4n) is 3.05. The van der Waals surface area contributed by atoms with Gasteiger partial charge in [0.05, 0.1) is 6.54 Å². The molecule has 0 fully saturated rings. The van der Waals surface area contributed by atoms with Gasteiger partial charge in [-0.1, -0.05) is 42.5 Å². The first kappa shape index (κ1) is 20.1. The molecule has 156 valence electrons. The first-order valence-corrected chi connectivity index (χ1v) is 9.75. The number of hydrazine groups is 1. The molecule has 1 aromatic heterocycles. The van der Waals surface area contributed by atoms with Crippen LogP contribution in [0.2, 0.25) is 0 Å². The van der Waals surface area contributed by atoms with E-state index in [9.17, 15) is 9.59 Å². The predicted octanol–water partition coefficient (Wildman–Crippen LogP) is 2.71. The van der Waals surface area contributed by atoms with Crippen molar-refractivity contribution in [2.45, 2.75) is 19.6 Å². The third-order valence-electron chi connectivity index (χ3n) is 4.73. The van der Waals surface area contributed by atoms with Crippen LogP contribution in [0.3, 0.4) is 0 Å². The fourth-order valence-corrected chi connectivity index (χ4v) is 3.05. The van der Waals surface area contributed by atoms with Gasteiger partial charge in [-0.2, -0.15) is 5.10 Å². The van der Waals surface area contributed by atoms with Crippen LogP contribution in [0, 0.1) is 0 Å². The van der Waals surface area contributed by atoms with Crippen LogP contribution in [0.1, 0.15) is 22.8 Å². The van der Waals surface area contributed by atoms with E-state index in [1.54, 1.807) is 30.1 Å². The molecule has 3 aromatic carbocycles. The molecular formula is C23H21N5O3. The summed E-state index contributed by atoms with van der Waals surface area (Å²) in [6, 6.07) is 20.5. The Bertz CT molecular complexity index is 1190. The Labute approximate surface area is 178 Å². The number of nitrogens with one attached hydrogen (secondary N) is 2. The number of aromatic nitrogens is 3. The summed E-state index contributed by atoms with van der Waals surface area (Å²) < 4.78 is 7.40. The van der Waals surface area contributed by atoms with E-state index < -0.39 is 17.9 Å². The fraction of sp³-hybridized carbons (Fsp3) is 0.130. The molecule has 2 N–H and O–H groups in total. The van der Waals surface area contributed by atoms with E-state index in [0.717, 1.165) is 16.3 Å². The van der Waals surface area contributed by atoms with Gasteiger partial charge in [-0.25, -0.2) is 9.67 Å². The van der Waals surface area contributed by atoms with Crippen LogP contribution in [0.15, 0.2) is 79.4 Å². The maximum atomic E-state index is 12.3. The Kier molecular flexibility index (Phi) is 5.89. The molecule has 2 amide bonds. The van der Waals surface area contributed by atoms with Crippen LogP contribution in [0.25, 0.3) is 10.8 Å². The number of benzene rings is 3. The molecule has 0 aliphatic heterocycles. The molecular weight excluding hydrogens is 394 g/mol. The highest BCUT2D eigenvalue weighted by molar-refractivity contribution is 5.95. The van der Waals surface area contributed by atoms with E-state index >= 15 is 0 Å². The minimum absolute atomic E-state index is 0.418. The molecule has 0 saturated heterocycles. The summed E-state index contributed by atoms with van der Waals surface area (Å²) in [6.45, 7) is 2.18. The molecule has 0 spiro atoms. The van der Waals surface area contributed by atoms with E-state index in [1.807, 2.05) is 54.6 Å². The van der Waals surface area contributed by atoms with Crippen molar-refractivity contribution in [3.05, 3.63) is 90.5 Å². The molecule has 0 aliphatic rings. The number of nitrogens with zero attached hydrogens (tertiary/aromatic N) is 3. The molecule has 8 heteroatoms. The van der Waals surface area contributed by atoms with Crippen LogP contribution in [-0.4, -0.2) is 32.7 Å². The molecule has 4 aromatic rings. The van der Waals surface area contributed by atoms with Gasteiger partial charge in [-0.3, -0.25) is 20.4 Å². The van der Waals surface area contributed by atoms with E-state index in [2.05, 4.69) is 20.9 Å². The Morgan fingerprint density at radius 1 is 1.00 bits per heavy atom. The quantitative estimate of drug-likeness (QED) is 0.472. The van der Waals surface area contributed by atoms with E-state index in [0.29, 0.717) is 17.9 Å². The van der Waals surface area contributed by atoms with Crippen LogP contribution in [-0.2, 0) is 11.3 Å². The lowest BCUT2D eigenvalue weighted by atomic mass is 10.1. The van der Waals surface area contributed by atoms with Gasteiger partial charge in [0, 0.05) is 5.56 Å². The van der Waals surface area contributed by atoms with Gasteiger partial charge in [-0.15, -0.1) is 0 Å². The highest BCUT2D eigenvalue weighted by Crippen LogP contribution is 2.21. The van der Waals surface area contributed by atoms with E-state index in [-0.39, 0.29) is 0 Å². The predicted molar refractivity (Wildman–Crippen MR) is 115 cm³/mol. The van der Waals surface area contributed by atoms with Crippen molar-refractivity contribution in [2.24, 2.45) is 0 Å². The van der Waals surface area contributed by atoms with E-state index in [1.165, 1.54) is 6.33 Å². The maximum absolute atomic E-state index is 12.3. The highest BCUT2D eigenvalue weighted by Gasteiger charge is 2.16. The second-order valence-electron chi connectivity index (χ2n) is 7.00. The summed E-state index contributed by atoms with van der Waals surface area (Å²) in [4.78, 5) is 28.5. The normalized spacial score (nSPS) is 11.6. The third kappa shape index (κ3) is 5.05. The van der Waals surface area contributed by atoms with Gasteiger partial charge in [0.1, 0.15) is 18.4 Å². The summed E-state index contributed by atoms with van der Waals surface area (Å²) in [5.41, 5.74) is 6.21. The molecule has 31 heavy (non-hydrogen) atoms. The van der Waals surface area contributed by atoms with Gasteiger partial charge in [0.2, 0.25) is 0 Å². The van der Waals surface area contributed by atoms with Crippen molar-refractivity contribution in [1.82, 2.24) is 25.6 Å². The summed E-state index contributed by atoms with van der Waals surface area (Å²) in [7, 11) is 0. The zero-order chi connectivity index (χ0) is 21.6. The van der Waals surface area contributed by atoms with Crippen molar-refractivity contribution in [1.29, 1.82) is 0 Å². The number of hydrogen-bond donors (Lipinski definition) is 2. The number of carbonyl (C=O) groups is 2. The van der Waals surface area contributed by atoms with Crippen LogP contribution in [0.5, 0.6) is 5.75 Å². The summed E-state index contributed by atoms with van der Waals surface area (Å²) >= 11 is 0. The smallest absolute Gasteiger partial charge is 0.279 e. The van der Waals surface area contributed by atoms with Crippen molar-refractivity contribution >= 4 is 22.6 Å². The van der Waals surface area contributed by atoms with Crippen molar-refractivity contribution in [3.63, 3.8) is 0 Å². The molecule has 1 atom stereocenters. The summed E-state index contributed by atoms with van der Waals surface area (Å²) in [5.74, 6) is -0.293. The number of amides is 2. The standard InChI is InChI=1S/C23H21N5O3/c1-16(31-21-11-10-18-4-2-3-5-20(18)12-21)22(29)26-27-23(30)19-8-6-17(7-9-19)13-28-15-24-14-25-28/h2-12,14-16H,13H2,1H3,(H,26,29)(H,27,30). The first-order chi connectivity index (χ1) is 15.1. The molecule has 0 aliphatic carbocycles. The zero-order valence-electron chi connectivity index (χ0n) is 16.9. The minimum Gasteiger partial charge on any atom is -0.481 e. The average Bonchev–Trinajstić information content (AvgIpc) is 3.30. The molecule has 1 unspecified atom stereocenters. The number of fused-ring (bicyclic) bond motifs is 1. The van der Waals surface area contributed by atoms with Gasteiger partial charge in [0.15, 0.2) is 6.10 Å². The molecule has 0 saturated carbocycles.